The molecule has 2 aromatic heterocycles. The molecular formula is C11H14N4O3. The first-order valence-electron chi connectivity index (χ1n) is 5.45. The van der Waals surface area contributed by atoms with Gasteiger partial charge in [-0.3, -0.25) is 9.48 Å². The molecule has 7 heteroatoms. The highest BCUT2D eigenvalue weighted by molar-refractivity contribution is 5.33. The maximum atomic E-state index is 11.5. The van der Waals surface area contributed by atoms with Gasteiger partial charge >= 0.3 is 0 Å². The zero-order valence-corrected chi connectivity index (χ0v) is 10.4. The molecular weight excluding hydrogens is 236 g/mol. The summed E-state index contributed by atoms with van der Waals surface area (Å²) in [6, 6.07) is 0.233. The number of hydrogen-bond donors (Lipinski definition) is 1. The van der Waals surface area contributed by atoms with Crippen LogP contribution in [0.1, 0.15) is 19.9 Å². The molecule has 2 rings (SSSR count). The van der Waals surface area contributed by atoms with E-state index in [2.05, 4.69) is 15.1 Å². The summed E-state index contributed by atoms with van der Waals surface area (Å²) in [7, 11) is 1.39. The van der Waals surface area contributed by atoms with Crippen LogP contribution in [0.2, 0.25) is 0 Å². The molecule has 0 amide bonds. The number of ether oxygens (including phenoxy) is 2. The van der Waals surface area contributed by atoms with Crippen LogP contribution in [-0.4, -0.2) is 26.9 Å². The van der Waals surface area contributed by atoms with Crippen molar-refractivity contribution in [1.82, 2.24) is 19.7 Å². The molecule has 96 valence electrons. The van der Waals surface area contributed by atoms with Gasteiger partial charge in [0.15, 0.2) is 5.75 Å². The van der Waals surface area contributed by atoms with Crippen LogP contribution >= 0.6 is 0 Å². The van der Waals surface area contributed by atoms with Crippen molar-refractivity contribution in [2.75, 3.05) is 7.11 Å². The van der Waals surface area contributed by atoms with Gasteiger partial charge in [0.25, 0.3) is 11.4 Å². The Balaban J connectivity index is 2.28. The topological polar surface area (TPSA) is 82.0 Å². The van der Waals surface area contributed by atoms with Gasteiger partial charge in [0.1, 0.15) is 0 Å². The van der Waals surface area contributed by atoms with Crippen LogP contribution in [0.5, 0.6) is 17.4 Å². The molecule has 0 spiro atoms. The molecule has 0 bridgehead atoms. The first-order valence-corrected chi connectivity index (χ1v) is 5.45. The Labute approximate surface area is 103 Å². The second kappa shape index (κ2) is 4.91. The maximum absolute atomic E-state index is 11.5. The lowest BCUT2D eigenvalue weighted by Crippen LogP contribution is -2.10. The summed E-state index contributed by atoms with van der Waals surface area (Å²) in [6.07, 6.45) is 4.54. The number of aromatic nitrogens is 4. The van der Waals surface area contributed by atoms with Crippen LogP contribution in [0.4, 0.5) is 0 Å². The largest absolute Gasteiger partial charge is 0.487 e. The van der Waals surface area contributed by atoms with Crippen LogP contribution < -0.4 is 15.0 Å². The fraction of sp³-hybridized carbons (Fsp3) is 0.364. The highest BCUT2D eigenvalue weighted by Gasteiger charge is 2.12. The number of H-pyrrole nitrogens is 1. The van der Waals surface area contributed by atoms with Gasteiger partial charge in [-0.1, -0.05) is 0 Å². The number of methoxy groups -OCH3 is 1. The van der Waals surface area contributed by atoms with E-state index < -0.39 is 5.56 Å². The second-order valence-corrected chi connectivity index (χ2v) is 3.92. The number of aromatic amines is 1. The van der Waals surface area contributed by atoms with Crippen molar-refractivity contribution in [3.63, 3.8) is 0 Å². The van der Waals surface area contributed by atoms with Crippen LogP contribution in [0, 0.1) is 0 Å². The number of nitrogens with one attached hydrogen (secondary N) is 1. The molecule has 1 N–H and O–H groups in total. The van der Waals surface area contributed by atoms with Crippen molar-refractivity contribution < 1.29 is 9.47 Å². The van der Waals surface area contributed by atoms with Gasteiger partial charge in [-0.15, -0.1) is 0 Å². The maximum Gasteiger partial charge on any atom is 0.297 e. The summed E-state index contributed by atoms with van der Waals surface area (Å²) in [5.74, 6) is 0.652. The first-order chi connectivity index (χ1) is 8.61. The number of rotatable bonds is 4. The summed E-state index contributed by atoms with van der Waals surface area (Å²) in [6.45, 7) is 4.01. The quantitative estimate of drug-likeness (QED) is 0.885. The minimum Gasteiger partial charge on any atom is -0.487 e. The Bertz CT molecular complexity index is 588. The second-order valence-electron chi connectivity index (χ2n) is 3.92. The average Bonchev–Trinajstić information content (AvgIpc) is 2.78. The molecule has 0 aromatic carbocycles. The van der Waals surface area contributed by atoms with Crippen LogP contribution in [0.15, 0.2) is 23.5 Å². The number of nitrogens with zero attached hydrogens (tertiary/aromatic N) is 3. The lowest BCUT2D eigenvalue weighted by molar-refractivity contribution is 0.362. The molecule has 2 aromatic rings. The van der Waals surface area contributed by atoms with Crippen molar-refractivity contribution >= 4 is 0 Å². The van der Waals surface area contributed by atoms with E-state index >= 15 is 0 Å². The summed E-state index contributed by atoms with van der Waals surface area (Å²) in [5, 5.41) is 4.13. The summed E-state index contributed by atoms with van der Waals surface area (Å²) in [5.41, 5.74) is -0.390. The van der Waals surface area contributed by atoms with Gasteiger partial charge < -0.3 is 14.5 Å². The minimum atomic E-state index is -0.390. The molecule has 0 aliphatic rings. The normalized spacial score (nSPS) is 10.7. The van der Waals surface area contributed by atoms with Gasteiger partial charge in [0, 0.05) is 6.04 Å². The van der Waals surface area contributed by atoms with Crippen LogP contribution in [0.25, 0.3) is 0 Å². The Morgan fingerprint density at radius 2 is 2.22 bits per heavy atom. The van der Waals surface area contributed by atoms with E-state index in [1.165, 1.54) is 13.4 Å². The molecule has 18 heavy (non-hydrogen) atoms. The van der Waals surface area contributed by atoms with E-state index in [0.29, 0.717) is 5.75 Å². The van der Waals surface area contributed by atoms with Crippen molar-refractivity contribution in [1.29, 1.82) is 0 Å². The van der Waals surface area contributed by atoms with Gasteiger partial charge in [-0.2, -0.15) is 5.10 Å². The average molecular weight is 250 g/mol. The Kier molecular flexibility index (Phi) is 3.31. The molecule has 0 saturated heterocycles. The van der Waals surface area contributed by atoms with Crippen molar-refractivity contribution in [3.8, 4) is 17.4 Å². The lowest BCUT2D eigenvalue weighted by Gasteiger charge is -2.06. The lowest BCUT2D eigenvalue weighted by atomic mass is 10.4. The standard InChI is InChI=1S/C11H14N4O3/c1-7(2)15-5-8(4-14-15)18-11-9(17-3)10(16)12-6-13-11/h4-7H,1-3H3,(H,12,13,16). The molecule has 0 atom stereocenters. The SMILES string of the molecule is COc1c(Oc2cnn(C(C)C)c2)nc[nH]c1=O. The third kappa shape index (κ3) is 2.34. The highest BCUT2D eigenvalue weighted by Crippen LogP contribution is 2.25. The van der Waals surface area contributed by atoms with E-state index in [0.717, 1.165) is 0 Å². The summed E-state index contributed by atoms with van der Waals surface area (Å²) in [4.78, 5) is 17.8. The van der Waals surface area contributed by atoms with Gasteiger partial charge in [0.05, 0.1) is 25.8 Å². The van der Waals surface area contributed by atoms with E-state index in [1.807, 2.05) is 13.8 Å². The molecule has 0 saturated carbocycles. The summed E-state index contributed by atoms with van der Waals surface area (Å²) >= 11 is 0. The molecule has 0 radical (unpaired) electrons. The van der Waals surface area contributed by atoms with Gasteiger partial charge in [-0.05, 0) is 13.8 Å². The summed E-state index contributed by atoms with van der Waals surface area (Å²) < 4.78 is 12.2. The molecule has 2 heterocycles. The zero-order valence-electron chi connectivity index (χ0n) is 10.4. The van der Waals surface area contributed by atoms with Crippen molar-refractivity contribution in [3.05, 3.63) is 29.1 Å². The molecule has 0 aliphatic heterocycles. The van der Waals surface area contributed by atoms with E-state index in [1.54, 1.807) is 17.1 Å². The highest BCUT2D eigenvalue weighted by atomic mass is 16.5. The zero-order chi connectivity index (χ0) is 13.1. The van der Waals surface area contributed by atoms with E-state index in [9.17, 15) is 4.79 Å². The Morgan fingerprint density at radius 3 is 2.83 bits per heavy atom. The van der Waals surface area contributed by atoms with Crippen molar-refractivity contribution in [2.45, 2.75) is 19.9 Å². The molecule has 0 fully saturated rings. The first kappa shape index (κ1) is 12.2. The van der Waals surface area contributed by atoms with Gasteiger partial charge in [0.2, 0.25) is 5.75 Å². The van der Waals surface area contributed by atoms with E-state index in [4.69, 9.17) is 9.47 Å². The fourth-order valence-corrected chi connectivity index (χ4v) is 1.39. The minimum absolute atomic E-state index is 0.0368. The third-order valence-corrected chi connectivity index (χ3v) is 2.30. The smallest absolute Gasteiger partial charge is 0.297 e. The van der Waals surface area contributed by atoms with Crippen LogP contribution in [0.3, 0.4) is 0 Å². The van der Waals surface area contributed by atoms with Crippen molar-refractivity contribution in [2.24, 2.45) is 0 Å². The predicted molar refractivity (Wildman–Crippen MR) is 64.1 cm³/mol. The molecule has 0 aliphatic carbocycles. The number of hydrogen-bond acceptors (Lipinski definition) is 5. The Hall–Kier alpha value is -2.31. The molecule has 7 nitrogen and oxygen atoms in total. The molecule has 0 unspecified atom stereocenters. The van der Waals surface area contributed by atoms with Gasteiger partial charge in [-0.25, -0.2) is 4.98 Å². The fourth-order valence-electron chi connectivity index (χ4n) is 1.39. The van der Waals surface area contributed by atoms with Crippen LogP contribution in [-0.2, 0) is 0 Å². The van der Waals surface area contributed by atoms with E-state index in [-0.39, 0.29) is 17.7 Å². The third-order valence-electron chi connectivity index (χ3n) is 2.30. The monoisotopic (exact) mass is 250 g/mol. The Morgan fingerprint density at radius 1 is 1.44 bits per heavy atom. The predicted octanol–water partition coefficient (Wildman–Crippen LogP) is 1.35.